The molecule has 1 aromatic heterocycles. The minimum absolute atomic E-state index is 0.551. The third kappa shape index (κ3) is 3.03. The number of nitrogen functional groups attached to an aromatic ring is 1. The molecular formula is C15H27N5. The van der Waals surface area contributed by atoms with Gasteiger partial charge in [0.05, 0.1) is 0 Å². The van der Waals surface area contributed by atoms with Crippen LogP contribution in [0.4, 0.5) is 11.6 Å². The lowest BCUT2D eigenvalue weighted by molar-refractivity contribution is 0.220. The van der Waals surface area contributed by atoms with E-state index in [-0.39, 0.29) is 0 Å². The number of likely N-dealkylation sites (tertiary alicyclic amines) is 1. The standard InChI is InChI=1S/C15H27N5/c1-5-13-17-14(16)11(3)15(18-13)19(4)12-7-9-20(6-2)10-8-12/h12H,5-10H2,1-4H3,(H2,16,17,18). The molecule has 5 nitrogen and oxygen atoms in total. The Labute approximate surface area is 122 Å². The van der Waals surface area contributed by atoms with Crippen LogP contribution in [0.3, 0.4) is 0 Å². The van der Waals surface area contributed by atoms with Gasteiger partial charge in [0.1, 0.15) is 17.5 Å². The number of rotatable bonds is 4. The van der Waals surface area contributed by atoms with E-state index < -0.39 is 0 Å². The van der Waals surface area contributed by atoms with Gasteiger partial charge in [0.15, 0.2) is 0 Å². The van der Waals surface area contributed by atoms with Gasteiger partial charge < -0.3 is 15.5 Å². The first-order valence-electron chi connectivity index (χ1n) is 7.65. The molecule has 0 amide bonds. The third-order valence-corrected chi connectivity index (χ3v) is 4.41. The Bertz CT molecular complexity index is 452. The van der Waals surface area contributed by atoms with Gasteiger partial charge >= 0.3 is 0 Å². The zero-order chi connectivity index (χ0) is 14.7. The van der Waals surface area contributed by atoms with Crippen LogP contribution in [0.2, 0.25) is 0 Å². The molecule has 1 saturated heterocycles. The Balaban J connectivity index is 2.17. The van der Waals surface area contributed by atoms with E-state index in [1.807, 2.05) is 6.92 Å². The van der Waals surface area contributed by atoms with Crippen molar-refractivity contribution in [3.05, 3.63) is 11.4 Å². The number of nitrogens with two attached hydrogens (primary N) is 1. The molecule has 0 saturated carbocycles. The van der Waals surface area contributed by atoms with Gasteiger partial charge in [0.25, 0.3) is 0 Å². The fraction of sp³-hybridized carbons (Fsp3) is 0.733. The second kappa shape index (κ2) is 6.39. The normalized spacial score (nSPS) is 17.4. The second-order valence-corrected chi connectivity index (χ2v) is 5.60. The Kier molecular flexibility index (Phi) is 4.81. The summed E-state index contributed by atoms with van der Waals surface area (Å²) >= 11 is 0. The maximum atomic E-state index is 6.02. The van der Waals surface area contributed by atoms with Crippen molar-refractivity contribution in [2.45, 2.75) is 46.1 Å². The van der Waals surface area contributed by atoms with Gasteiger partial charge in [-0.25, -0.2) is 9.97 Å². The second-order valence-electron chi connectivity index (χ2n) is 5.60. The molecule has 2 rings (SSSR count). The fourth-order valence-electron chi connectivity index (χ4n) is 2.87. The molecule has 1 fully saturated rings. The van der Waals surface area contributed by atoms with Crippen LogP contribution >= 0.6 is 0 Å². The highest BCUT2D eigenvalue weighted by Gasteiger charge is 2.24. The molecule has 2 N–H and O–H groups in total. The highest BCUT2D eigenvalue weighted by atomic mass is 15.2. The molecule has 0 radical (unpaired) electrons. The van der Waals surface area contributed by atoms with Gasteiger partial charge in [-0.15, -0.1) is 0 Å². The number of hydrogen-bond donors (Lipinski definition) is 1. The summed E-state index contributed by atoms with van der Waals surface area (Å²) in [6, 6.07) is 0.551. The predicted molar refractivity (Wildman–Crippen MR) is 84.1 cm³/mol. The predicted octanol–water partition coefficient (Wildman–Crippen LogP) is 1.85. The topological polar surface area (TPSA) is 58.3 Å². The van der Waals surface area contributed by atoms with E-state index in [4.69, 9.17) is 5.73 Å². The Hall–Kier alpha value is -1.36. The summed E-state index contributed by atoms with van der Waals surface area (Å²) in [4.78, 5) is 13.8. The van der Waals surface area contributed by atoms with Crippen LogP contribution < -0.4 is 10.6 Å². The summed E-state index contributed by atoms with van der Waals surface area (Å²) < 4.78 is 0. The first kappa shape index (κ1) is 15.0. The summed E-state index contributed by atoms with van der Waals surface area (Å²) in [5.41, 5.74) is 7.02. The fourth-order valence-corrected chi connectivity index (χ4v) is 2.87. The number of aromatic nitrogens is 2. The molecule has 2 heterocycles. The number of anilines is 2. The monoisotopic (exact) mass is 277 g/mol. The summed E-state index contributed by atoms with van der Waals surface area (Å²) in [6.45, 7) is 9.80. The highest BCUT2D eigenvalue weighted by Crippen LogP contribution is 2.26. The molecule has 112 valence electrons. The molecular weight excluding hydrogens is 250 g/mol. The van der Waals surface area contributed by atoms with Crippen molar-refractivity contribution in [3.63, 3.8) is 0 Å². The molecule has 0 unspecified atom stereocenters. The van der Waals surface area contributed by atoms with Crippen molar-refractivity contribution < 1.29 is 0 Å². The molecule has 0 bridgehead atoms. The van der Waals surface area contributed by atoms with E-state index in [0.29, 0.717) is 11.9 Å². The first-order valence-corrected chi connectivity index (χ1v) is 7.65. The average Bonchev–Trinajstić information content (AvgIpc) is 2.49. The van der Waals surface area contributed by atoms with E-state index in [1.54, 1.807) is 0 Å². The lowest BCUT2D eigenvalue weighted by atomic mass is 10.0. The largest absolute Gasteiger partial charge is 0.383 e. The first-order chi connectivity index (χ1) is 9.56. The van der Waals surface area contributed by atoms with Crippen molar-refractivity contribution >= 4 is 11.6 Å². The zero-order valence-electron chi connectivity index (χ0n) is 13.2. The van der Waals surface area contributed by atoms with E-state index in [9.17, 15) is 0 Å². The van der Waals surface area contributed by atoms with Crippen LogP contribution in [-0.4, -0.2) is 47.6 Å². The van der Waals surface area contributed by atoms with Gasteiger partial charge in [-0.3, -0.25) is 0 Å². The Morgan fingerprint density at radius 3 is 2.45 bits per heavy atom. The molecule has 0 aromatic carbocycles. The zero-order valence-corrected chi connectivity index (χ0v) is 13.2. The van der Waals surface area contributed by atoms with E-state index in [0.717, 1.165) is 30.2 Å². The van der Waals surface area contributed by atoms with Gasteiger partial charge in [-0.2, -0.15) is 0 Å². The van der Waals surface area contributed by atoms with Crippen LogP contribution in [0.15, 0.2) is 0 Å². The van der Waals surface area contributed by atoms with Crippen molar-refractivity contribution in [3.8, 4) is 0 Å². The molecule has 0 atom stereocenters. The van der Waals surface area contributed by atoms with E-state index in [1.165, 1.54) is 25.9 Å². The maximum Gasteiger partial charge on any atom is 0.137 e. The number of piperidine rings is 1. The van der Waals surface area contributed by atoms with Crippen LogP contribution in [0, 0.1) is 6.92 Å². The SMILES string of the molecule is CCc1nc(N)c(C)c(N(C)C2CCN(CC)CC2)n1. The van der Waals surface area contributed by atoms with E-state index >= 15 is 0 Å². The van der Waals surface area contributed by atoms with Gasteiger partial charge in [-0.1, -0.05) is 13.8 Å². The van der Waals surface area contributed by atoms with Crippen molar-refractivity contribution in [1.82, 2.24) is 14.9 Å². The summed E-state index contributed by atoms with van der Waals surface area (Å²) in [7, 11) is 2.14. The van der Waals surface area contributed by atoms with Gasteiger partial charge in [0, 0.05) is 38.2 Å². The Morgan fingerprint density at radius 2 is 1.90 bits per heavy atom. The molecule has 1 aromatic rings. The van der Waals surface area contributed by atoms with Crippen molar-refractivity contribution in [2.75, 3.05) is 37.3 Å². The van der Waals surface area contributed by atoms with Crippen LogP contribution in [0.25, 0.3) is 0 Å². The van der Waals surface area contributed by atoms with Crippen molar-refractivity contribution in [2.24, 2.45) is 0 Å². The van der Waals surface area contributed by atoms with Gasteiger partial charge in [0.2, 0.25) is 0 Å². The van der Waals surface area contributed by atoms with Crippen molar-refractivity contribution in [1.29, 1.82) is 0 Å². The molecule has 0 spiro atoms. The summed E-state index contributed by atoms with van der Waals surface area (Å²) in [5, 5.41) is 0. The minimum Gasteiger partial charge on any atom is -0.383 e. The quantitative estimate of drug-likeness (QED) is 0.910. The summed E-state index contributed by atoms with van der Waals surface area (Å²) in [5.74, 6) is 2.45. The number of nitrogens with zero attached hydrogens (tertiary/aromatic N) is 4. The van der Waals surface area contributed by atoms with Gasteiger partial charge in [-0.05, 0) is 26.3 Å². The van der Waals surface area contributed by atoms with Crippen LogP contribution in [0.1, 0.15) is 38.1 Å². The summed E-state index contributed by atoms with van der Waals surface area (Å²) in [6.07, 6.45) is 3.20. The number of aryl methyl sites for hydroxylation is 1. The van der Waals surface area contributed by atoms with Crippen LogP contribution in [0.5, 0.6) is 0 Å². The molecule has 1 aliphatic rings. The minimum atomic E-state index is 0.551. The third-order valence-electron chi connectivity index (χ3n) is 4.41. The molecule has 5 heteroatoms. The maximum absolute atomic E-state index is 6.02. The highest BCUT2D eigenvalue weighted by molar-refractivity contribution is 5.56. The lowest BCUT2D eigenvalue weighted by Crippen LogP contribution is -2.44. The Morgan fingerprint density at radius 1 is 1.25 bits per heavy atom. The smallest absolute Gasteiger partial charge is 0.137 e. The lowest BCUT2D eigenvalue weighted by Gasteiger charge is -2.37. The van der Waals surface area contributed by atoms with Crippen LogP contribution in [-0.2, 0) is 6.42 Å². The molecule has 20 heavy (non-hydrogen) atoms. The molecule has 1 aliphatic heterocycles. The molecule has 0 aliphatic carbocycles. The van der Waals surface area contributed by atoms with E-state index in [2.05, 4.69) is 40.7 Å². The number of hydrogen-bond acceptors (Lipinski definition) is 5. The average molecular weight is 277 g/mol.